The van der Waals surface area contributed by atoms with Gasteiger partial charge in [0.1, 0.15) is 5.75 Å². The molecule has 1 fully saturated rings. The van der Waals surface area contributed by atoms with Crippen molar-refractivity contribution in [1.29, 1.82) is 0 Å². The molecule has 0 spiro atoms. The molecule has 0 bridgehead atoms. The van der Waals surface area contributed by atoms with E-state index in [9.17, 15) is 9.59 Å². The number of carbonyl (C=O) groups is 2. The Kier molecular flexibility index (Phi) is 4.21. The predicted molar refractivity (Wildman–Crippen MR) is 87.8 cm³/mol. The van der Waals surface area contributed by atoms with Gasteiger partial charge >= 0.3 is 0 Å². The maximum atomic E-state index is 12.9. The van der Waals surface area contributed by atoms with E-state index in [0.717, 1.165) is 19.6 Å². The largest absolute Gasteiger partial charge is 0.466 e. The van der Waals surface area contributed by atoms with Gasteiger partial charge in [0, 0.05) is 31.2 Å². The lowest BCUT2D eigenvalue weighted by Crippen LogP contribution is -2.62. The van der Waals surface area contributed by atoms with Crippen LogP contribution in [0, 0.1) is 0 Å². The molecule has 1 atom stereocenters. The molecule has 1 N–H and O–H groups in total. The normalized spacial score (nSPS) is 24.7. The van der Waals surface area contributed by atoms with Gasteiger partial charge in [0.05, 0.1) is 5.69 Å². The van der Waals surface area contributed by atoms with Crippen LogP contribution in [0.15, 0.2) is 18.2 Å². The Hall–Kier alpha value is -1.79. The highest BCUT2D eigenvalue weighted by Crippen LogP contribution is 2.36. The molecule has 0 unspecified atom stereocenters. The van der Waals surface area contributed by atoms with Gasteiger partial charge in [-0.15, -0.1) is 0 Å². The van der Waals surface area contributed by atoms with Crippen molar-refractivity contribution in [2.24, 2.45) is 0 Å². The summed E-state index contributed by atoms with van der Waals surface area (Å²) >= 11 is 5.92. The third-order valence-electron chi connectivity index (χ3n) is 4.45. The van der Waals surface area contributed by atoms with E-state index in [2.05, 4.69) is 17.1 Å². The fraction of sp³-hybridized carbons (Fsp3) is 0.500. The number of benzene rings is 1. The van der Waals surface area contributed by atoms with Crippen LogP contribution in [0.25, 0.3) is 0 Å². The first-order chi connectivity index (χ1) is 10.9. The Bertz CT molecular complexity index is 643. The van der Waals surface area contributed by atoms with Gasteiger partial charge in [-0.3, -0.25) is 9.59 Å². The summed E-state index contributed by atoms with van der Waals surface area (Å²) in [6, 6.07) is 4.94. The second-order valence-corrected chi connectivity index (χ2v) is 6.39. The van der Waals surface area contributed by atoms with Crippen LogP contribution in [0.3, 0.4) is 0 Å². The molecule has 3 rings (SSSR count). The molecule has 124 valence electrons. The van der Waals surface area contributed by atoms with E-state index in [1.807, 2.05) is 0 Å². The van der Waals surface area contributed by atoms with Gasteiger partial charge in [-0.25, -0.2) is 0 Å². The lowest BCUT2D eigenvalue weighted by Gasteiger charge is -2.40. The first-order valence-corrected chi connectivity index (χ1v) is 8.13. The van der Waals surface area contributed by atoms with Gasteiger partial charge in [0.2, 0.25) is 0 Å². The number of piperazine rings is 1. The molecule has 0 aliphatic carbocycles. The van der Waals surface area contributed by atoms with Crippen molar-refractivity contribution in [3.8, 4) is 5.75 Å². The third-order valence-corrected chi connectivity index (χ3v) is 4.69. The molecule has 1 aromatic rings. The van der Waals surface area contributed by atoms with Crippen LogP contribution in [0.1, 0.15) is 13.8 Å². The quantitative estimate of drug-likeness (QED) is 0.833. The van der Waals surface area contributed by atoms with E-state index >= 15 is 0 Å². The molecule has 0 saturated carbocycles. The average molecular weight is 338 g/mol. The van der Waals surface area contributed by atoms with E-state index in [-0.39, 0.29) is 5.91 Å². The Balaban J connectivity index is 1.80. The van der Waals surface area contributed by atoms with E-state index in [0.29, 0.717) is 29.5 Å². The van der Waals surface area contributed by atoms with Crippen molar-refractivity contribution in [3.63, 3.8) is 0 Å². The number of rotatable bonds is 2. The molecular weight excluding hydrogens is 318 g/mol. The molecule has 0 aromatic heterocycles. The maximum Gasteiger partial charge on any atom is 0.278 e. The monoisotopic (exact) mass is 337 g/mol. The third kappa shape index (κ3) is 2.88. The highest BCUT2D eigenvalue weighted by Gasteiger charge is 2.49. The fourth-order valence-electron chi connectivity index (χ4n) is 2.91. The number of nitrogens with one attached hydrogen (secondary N) is 1. The van der Waals surface area contributed by atoms with E-state index < -0.39 is 11.5 Å². The van der Waals surface area contributed by atoms with Gasteiger partial charge in [0.15, 0.2) is 0 Å². The zero-order valence-corrected chi connectivity index (χ0v) is 14.0. The number of nitrogens with zero attached hydrogens (tertiary/aromatic N) is 2. The number of halogens is 1. The highest BCUT2D eigenvalue weighted by atomic mass is 35.5. The number of amides is 2. The summed E-state index contributed by atoms with van der Waals surface area (Å²) < 4.78 is 5.78. The van der Waals surface area contributed by atoms with Crippen LogP contribution in [0.2, 0.25) is 5.02 Å². The number of hydrogen-bond donors (Lipinski definition) is 1. The smallest absolute Gasteiger partial charge is 0.278 e. The second-order valence-electron chi connectivity index (χ2n) is 5.96. The summed E-state index contributed by atoms with van der Waals surface area (Å²) in [6.07, 6.45) is 0. The maximum absolute atomic E-state index is 12.9. The van der Waals surface area contributed by atoms with Crippen molar-refractivity contribution < 1.29 is 14.3 Å². The molecular formula is C16H20ClN3O3. The minimum absolute atomic E-state index is 0.300. The summed E-state index contributed by atoms with van der Waals surface area (Å²) in [5, 5.41) is 3.22. The van der Waals surface area contributed by atoms with Gasteiger partial charge in [0.25, 0.3) is 17.4 Å². The van der Waals surface area contributed by atoms with Crippen molar-refractivity contribution in [3.05, 3.63) is 23.2 Å². The molecule has 7 heteroatoms. The van der Waals surface area contributed by atoms with Crippen molar-refractivity contribution in [2.45, 2.75) is 19.4 Å². The fourth-order valence-corrected chi connectivity index (χ4v) is 3.08. The topological polar surface area (TPSA) is 61.9 Å². The molecule has 0 radical (unpaired) electrons. The Morgan fingerprint density at radius 2 is 2.04 bits per heavy atom. The van der Waals surface area contributed by atoms with Crippen molar-refractivity contribution >= 4 is 29.1 Å². The summed E-state index contributed by atoms with van der Waals surface area (Å²) in [5.41, 5.74) is -1.06. The van der Waals surface area contributed by atoms with Crippen LogP contribution in [-0.2, 0) is 9.59 Å². The number of anilines is 1. The zero-order valence-electron chi connectivity index (χ0n) is 13.3. The molecule has 6 nitrogen and oxygen atoms in total. The van der Waals surface area contributed by atoms with Crippen LogP contribution in [0.5, 0.6) is 5.75 Å². The minimum atomic E-state index is -1.55. The van der Waals surface area contributed by atoms with Gasteiger partial charge in [-0.2, -0.15) is 0 Å². The Morgan fingerprint density at radius 1 is 1.35 bits per heavy atom. The second kappa shape index (κ2) is 6.02. The predicted octanol–water partition coefficient (Wildman–Crippen LogP) is 1.59. The van der Waals surface area contributed by atoms with Crippen LogP contribution in [-0.4, -0.2) is 59.9 Å². The number of fused-ring (bicyclic) bond motifs is 1. The summed E-state index contributed by atoms with van der Waals surface area (Å²) in [4.78, 5) is 29.3. The molecule has 2 heterocycles. The first-order valence-electron chi connectivity index (χ1n) is 7.76. The summed E-state index contributed by atoms with van der Waals surface area (Å²) in [7, 11) is 0. The Morgan fingerprint density at radius 3 is 2.70 bits per heavy atom. The number of likely N-dealkylation sites (N-methyl/N-ethyl adjacent to an activating group) is 1. The van der Waals surface area contributed by atoms with Gasteiger partial charge in [-0.05, 0) is 31.7 Å². The first kappa shape index (κ1) is 16.1. The molecule has 2 amide bonds. The van der Waals surface area contributed by atoms with Crippen LogP contribution < -0.4 is 10.1 Å². The standard InChI is InChI=1S/C16H20ClN3O3/c1-3-19-6-8-20(9-7-19)15(22)16(2)14(21)18-12-10-11(17)4-5-13(12)23-16/h4-5,10H,3,6-9H2,1-2H3,(H,18,21)/t16-/m1/s1. The number of hydrogen-bond acceptors (Lipinski definition) is 4. The molecule has 1 aromatic carbocycles. The molecule has 1 saturated heterocycles. The average Bonchev–Trinajstić information content (AvgIpc) is 2.56. The molecule has 23 heavy (non-hydrogen) atoms. The van der Waals surface area contributed by atoms with E-state index in [1.54, 1.807) is 23.1 Å². The number of carbonyl (C=O) groups excluding carboxylic acids is 2. The zero-order chi connectivity index (χ0) is 16.6. The van der Waals surface area contributed by atoms with Gasteiger partial charge in [-0.1, -0.05) is 18.5 Å². The summed E-state index contributed by atoms with van der Waals surface area (Å²) in [6.45, 7) is 7.41. The van der Waals surface area contributed by atoms with Crippen molar-refractivity contribution in [2.75, 3.05) is 38.0 Å². The SMILES string of the molecule is CCN1CCN(C(=O)[C@]2(C)Oc3ccc(Cl)cc3NC2=O)CC1. The lowest BCUT2D eigenvalue weighted by molar-refractivity contribution is -0.155. The Labute approximate surface area is 140 Å². The highest BCUT2D eigenvalue weighted by molar-refractivity contribution is 6.31. The molecule has 2 aliphatic rings. The minimum Gasteiger partial charge on any atom is -0.466 e. The van der Waals surface area contributed by atoms with Gasteiger partial charge < -0.3 is 19.9 Å². The van der Waals surface area contributed by atoms with E-state index in [1.165, 1.54) is 6.92 Å². The van der Waals surface area contributed by atoms with Crippen LogP contribution in [0.4, 0.5) is 5.69 Å². The molecule has 2 aliphatic heterocycles. The number of ether oxygens (including phenoxy) is 1. The lowest BCUT2D eigenvalue weighted by atomic mass is 10.00. The van der Waals surface area contributed by atoms with Crippen LogP contribution >= 0.6 is 11.6 Å². The van der Waals surface area contributed by atoms with E-state index in [4.69, 9.17) is 16.3 Å². The summed E-state index contributed by atoms with van der Waals surface area (Å²) in [5.74, 6) is -0.307. The van der Waals surface area contributed by atoms with Crippen molar-refractivity contribution in [1.82, 2.24) is 9.80 Å².